The fraction of sp³-hybridized carbons (Fsp3) is 1.00. The van der Waals surface area contributed by atoms with Gasteiger partial charge < -0.3 is 5.11 Å². The Labute approximate surface area is 104 Å². The van der Waals surface area contributed by atoms with E-state index in [9.17, 15) is 13.5 Å². The molecule has 1 heterocycles. The highest BCUT2D eigenvalue weighted by atomic mass is 32.2. The molecule has 3 unspecified atom stereocenters. The predicted molar refractivity (Wildman–Crippen MR) is 67.7 cm³/mol. The van der Waals surface area contributed by atoms with Gasteiger partial charge in [0.2, 0.25) is 0 Å². The summed E-state index contributed by atoms with van der Waals surface area (Å²) in [5, 5.41) is 9.17. The van der Waals surface area contributed by atoms with Crippen molar-refractivity contribution in [2.45, 2.75) is 55.9 Å². The second-order valence-corrected chi connectivity index (χ2v) is 7.81. The summed E-state index contributed by atoms with van der Waals surface area (Å²) in [4.78, 5) is 2.34. The van der Waals surface area contributed by atoms with Gasteiger partial charge in [-0.15, -0.1) is 0 Å². The highest BCUT2D eigenvalue weighted by Crippen LogP contribution is 2.31. The van der Waals surface area contributed by atoms with Crippen LogP contribution >= 0.6 is 0 Å². The molecule has 0 amide bonds. The third-order valence-corrected chi connectivity index (χ3v) is 5.95. The van der Waals surface area contributed by atoms with Gasteiger partial charge in [-0.1, -0.05) is 6.42 Å². The summed E-state index contributed by atoms with van der Waals surface area (Å²) in [7, 11) is -2.90. The summed E-state index contributed by atoms with van der Waals surface area (Å²) in [5.74, 6) is 0. The maximum atomic E-state index is 11.6. The largest absolute Gasteiger partial charge is 0.395 e. The number of aliphatic hydroxyl groups excluding tert-OH is 1. The molecule has 2 fully saturated rings. The van der Waals surface area contributed by atoms with Gasteiger partial charge >= 0.3 is 0 Å². The summed E-state index contributed by atoms with van der Waals surface area (Å²) < 4.78 is 23.3. The lowest BCUT2D eigenvalue weighted by atomic mass is 9.93. The minimum atomic E-state index is -2.90. The van der Waals surface area contributed by atoms with Crippen molar-refractivity contribution in [3.63, 3.8) is 0 Å². The second-order valence-electron chi connectivity index (χ2n) is 5.49. The maximum Gasteiger partial charge on any atom is 0.150 e. The molecule has 4 nitrogen and oxygen atoms in total. The Morgan fingerprint density at radius 1 is 1.24 bits per heavy atom. The molecule has 1 N–H and O–H groups in total. The zero-order valence-electron chi connectivity index (χ0n) is 10.5. The molecule has 0 aromatic carbocycles. The molecule has 2 rings (SSSR count). The van der Waals surface area contributed by atoms with Gasteiger partial charge in [0.15, 0.2) is 0 Å². The number of likely N-dealkylation sites (tertiary alicyclic amines) is 1. The summed E-state index contributed by atoms with van der Waals surface area (Å²) in [5.41, 5.74) is 0. The molecule has 1 saturated carbocycles. The molecule has 5 heteroatoms. The van der Waals surface area contributed by atoms with E-state index >= 15 is 0 Å². The fourth-order valence-corrected chi connectivity index (χ4v) is 4.51. The van der Waals surface area contributed by atoms with Crippen molar-refractivity contribution in [3.05, 3.63) is 0 Å². The van der Waals surface area contributed by atoms with E-state index < -0.39 is 9.84 Å². The monoisotopic (exact) mass is 261 g/mol. The maximum absolute atomic E-state index is 11.6. The van der Waals surface area contributed by atoms with E-state index in [1.165, 1.54) is 6.26 Å². The van der Waals surface area contributed by atoms with Gasteiger partial charge in [0.25, 0.3) is 0 Å². The van der Waals surface area contributed by atoms with E-state index in [1.807, 2.05) is 0 Å². The van der Waals surface area contributed by atoms with Crippen molar-refractivity contribution in [2.75, 3.05) is 19.4 Å². The van der Waals surface area contributed by atoms with Crippen molar-refractivity contribution in [2.24, 2.45) is 0 Å². The van der Waals surface area contributed by atoms with E-state index in [0.29, 0.717) is 6.04 Å². The summed E-state index contributed by atoms with van der Waals surface area (Å²) >= 11 is 0. The smallest absolute Gasteiger partial charge is 0.150 e. The number of rotatable bonds is 3. The van der Waals surface area contributed by atoms with E-state index in [0.717, 1.165) is 45.1 Å². The molecule has 3 atom stereocenters. The Hall–Kier alpha value is -0.130. The third kappa shape index (κ3) is 3.01. The van der Waals surface area contributed by atoms with Gasteiger partial charge in [0.1, 0.15) is 9.84 Å². The minimum absolute atomic E-state index is 0.166. The van der Waals surface area contributed by atoms with Crippen LogP contribution in [0.2, 0.25) is 0 Å². The number of sulfone groups is 1. The van der Waals surface area contributed by atoms with E-state index in [2.05, 4.69) is 4.90 Å². The SMILES string of the molecule is CS(=O)(=O)C1CCCC(N2CCCC2CO)C1. The first-order valence-electron chi connectivity index (χ1n) is 6.58. The Morgan fingerprint density at radius 3 is 2.65 bits per heavy atom. The summed E-state index contributed by atoms with van der Waals surface area (Å²) in [6, 6.07) is 0.626. The predicted octanol–water partition coefficient (Wildman–Crippen LogP) is 0.799. The standard InChI is InChI=1S/C12H23NO3S/c1-17(15,16)12-6-2-4-10(8-12)13-7-3-5-11(13)9-14/h10-12,14H,2-9H2,1H3. The van der Waals surface area contributed by atoms with Crippen LogP contribution in [-0.4, -0.2) is 55.2 Å². The van der Waals surface area contributed by atoms with Gasteiger partial charge in [-0.3, -0.25) is 4.90 Å². The van der Waals surface area contributed by atoms with Crippen LogP contribution in [0, 0.1) is 0 Å². The van der Waals surface area contributed by atoms with Gasteiger partial charge in [0.05, 0.1) is 11.9 Å². The molecule has 0 spiro atoms. The number of nitrogens with zero attached hydrogens (tertiary/aromatic N) is 1. The molecular formula is C12H23NO3S. The number of hydrogen-bond donors (Lipinski definition) is 1. The van der Waals surface area contributed by atoms with Gasteiger partial charge in [-0.05, 0) is 38.6 Å². The van der Waals surface area contributed by atoms with E-state index in [-0.39, 0.29) is 17.9 Å². The van der Waals surface area contributed by atoms with Crippen molar-refractivity contribution in [1.29, 1.82) is 0 Å². The van der Waals surface area contributed by atoms with Crippen molar-refractivity contribution < 1.29 is 13.5 Å². The highest BCUT2D eigenvalue weighted by molar-refractivity contribution is 7.91. The van der Waals surface area contributed by atoms with Crippen LogP contribution in [0.1, 0.15) is 38.5 Å². The van der Waals surface area contributed by atoms with Crippen LogP contribution in [-0.2, 0) is 9.84 Å². The molecular weight excluding hydrogens is 238 g/mol. The van der Waals surface area contributed by atoms with Crippen LogP contribution in [0.25, 0.3) is 0 Å². The lowest BCUT2D eigenvalue weighted by Gasteiger charge is -2.37. The van der Waals surface area contributed by atoms with E-state index in [4.69, 9.17) is 0 Å². The van der Waals surface area contributed by atoms with Crippen LogP contribution in [0.15, 0.2) is 0 Å². The Kier molecular flexibility index (Phi) is 4.10. The van der Waals surface area contributed by atoms with Crippen molar-refractivity contribution in [1.82, 2.24) is 4.90 Å². The quantitative estimate of drug-likeness (QED) is 0.816. The lowest BCUT2D eigenvalue weighted by molar-refractivity contribution is 0.0988. The molecule has 17 heavy (non-hydrogen) atoms. The van der Waals surface area contributed by atoms with Gasteiger partial charge in [0, 0.05) is 18.3 Å². The first kappa shape index (κ1) is 13.3. The topological polar surface area (TPSA) is 57.6 Å². The zero-order valence-corrected chi connectivity index (χ0v) is 11.3. The summed E-state index contributed by atoms with van der Waals surface area (Å²) in [6.07, 6.45) is 7.19. The average molecular weight is 261 g/mol. The van der Waals surface area contributed by atoms with Crippen LogP contribution in [0.4, 0.5) is 0 Å². The molecule has 0 bridgehead atoms. The molecule has 1 aliphatic carbocycles. The lowest BCUT2D eigenvalue weighted by Crippen LogP contribution is -2.45. The van der Waals surface area contributed by atoms with Crippen molar-refractivity contribution >= 4 is 9.84 Å². The third-order valence-electron chi connectivity index (χ3n) is 4.31. The Bertz CT molecular complexity index is 355. The van der Waals surface area contributed by atoms with Crippen molar-refractivity contribution in [3.8, 4) is 0 Å². The normalized spacial score (nSPS) is 36.2. The molecule has 0 radical (unpaired) electrons. The highest BCUT2D eigenvalue weighted by Gasteiger charge is 2.36. The summed E-state index contributed by atoms with van der Waals surface area (Å²) in [6.45, 7) is 1.23. The molecule has 2 aliphatic rings. The molecule has 0 aromatic rings. The second kappa shape index (κ2) is 5.24. The average Bonchev–Trinajstić information content (AvgIpc) is 2.76. The van der Waals surface area contributed by atoms with Gasteiger partial charge in [-0.2, -0.15) is 0 Å². The molecule has 1 saturated heterocycles. The first-order valence-corrected chi connectivity index (χ1v) is 8.53. The molecule has 100 valence electrons. The molecule has 0 aromatic heterocycles. The molecule has 1 aliphatic heterocycles. The fourth-order valence-electron chi connectivity index (χ4n) is 3.35. The zero-order chi connectivity index (χ0) is 12.5. The first-order chi connectivity index (χ1) is 8.02. The Morgan fingerprint density at radius 2 is 2.00 bits per heavy atom. The van der Waals surface area contributed by atoms with Crippen LogP contribution in [0.3, 0.4) is 0 Å². The van der Waals surface area contributed by atoms with Crippen LogP contribution in [0.5, 0.6) is 0 Å². The number of aliphatic hydroxyl groups is 1. The number of hydrogen-bond acceptors (Lipinski definition) is 4. The van der Waals surface area contributed by atoms with E-state index in [1.54, 1.807) is 0 Å². The van der Waals surface area contributed by atoms with Gasteiger partial charge in [-0.25, -0.2) is 8.42 Å². The van der Waals surface area contributed by atoms with Crippen LogP contribution < -0.4 is 0 Å². The Balaban J connectivity index is 2.02. The minimum Gasteiger partial charge on any atom is -0.395 e.